The van der Waals surface area contributed by atoms with Crippen LogP contribution in [0.25, 0.3) is 22.2 Å². The highest BCUT2D eigenvalue weighted by Crippen LogP contribution is 2.38. The molecule has 0 radical (unpaired) electrons. The Morgan fingerprint density at radius 3 is 2.83 bits per heavy atom. The van der Waals surface area contributed by atoms with Crippen molar-refractivity contribution in [3.8, 4) is 17.0 Å². The number of amides is 2. The zero-order valence-electron chi connectivity index (χ0n) is 12.6. The molecule has 0 spiro atoms. The third-order valence-electron chi connectivity index (χ3n) is 4.22. The zero-order chi connectivity index (χ0) is 16.8. The summed E-state index contributed by atoms with van der Waals surface area (Å²) in [6.45, 7) is 0.496. The van der Waals surface area contributed by atoms with Crippen molar-refractivity contribution in [2.75, 3.05) is 5.32 Å². The van der Waals surface area contributed by atoms with E-state index in [1.54, 1.807) is 4.57 Å². The van der Waals surface area contributed by atoms with Crippen molar-refractivity contribution < 1.29 is 9.90 Å². The van der Waals surface area contributed by atoms with E-state index in [-0.39, 0.29) is 22.6 Å². The SMILES string of the molecule is NC(=O)Nc1ccc2c(=O)n3c(c(O)c2n1)-c1ccccc1CC3. The Morgan fingerprint density at radius 1 is 1.25 bits per heavy atom. The number of rotatable bonds is 1. The lowest BCUT2D eigenvalue weighted by Gasteiger charge is -2.23. The minimum absolute atomic E-state index is 0.0788. The summed E-state index contributed by atoms with van der Waals surface area (Å²) in [5, 5.41) is 13.4. The molecular formula is C17H14N4O3. The van der Waals surface area contributed by atoms with E-state index >= 15 is 0 Å². The molecule has 7 heteroatoms. The molecule has 7 nitrogen and oxygen atoms in total. The van der Waals surface area contributed by atoms with Gasteiger partial charge in [0.05, 0.1) is 11.1 Å². The monoisotopic (exact) mass is 322 g/mol. The molecule has 0 saturated heterocycles. The lowest BCUT2D eigenvalue weighted by molar-refractivity contribution is 0.259. The number of aromatic hydroxyl groups is 1. The number of carbonyl (C=O) groups is 1. The van der Waals surface area contributed by atoms with E-state index in [1.807, 2.05) is 24.3 Å². The number of benzene rings is 1. The number of hydrogen-bond acceptors (Lipinski definition) is 4. The number of aromatic nitrogens is 2. The van der Waals surface area contributed by atoms with Crippen molar-refractivity contribution >= 4 is 22.8 Å². The van der Waals surface area contributed by atoms with Crippen molar-refractivity contribution in [2.45, 2.75) is 13.0 Å². The molecule has 2 aromatic heterocycles. The van der Waals surface area contributed by atoms with Gasteiger partial charge in [-0.15, -0.1) is 0 Å². The molecule has 4 N–H and O–H groups in total. The van der Waals surface area contributed by atoms with Gasteiger partial charge in [-0.25, -0.2) is 9.78 Å². The number of nitrogens with zero attached hydrogens (tertiary/aromatic N) is 2. The zero-order valence-corrected chi connectivity index (χ0v) is 12.6. The number of anilines is 1. The number of nitrogens with one attached hydrogen (secondary N) is 1. The fourth-order valence-corrected chi connectivity index (χ4v) is 3.18. The van der Waals surface area contributed by atoms with Crippen LogP contribution < -0.4 is 16.6 Å². The van der Waals surface area contributed by atoms with Gasteiger partial charge in [-0.2, -0.15) is 0 Å². The smallest absolute Gasteiger partial charge is 0.317 e. The van der Waals surface area contributed by atoms with Crippen LogP contribution in [0.5, 0.6) is 5.75 Å². The summed E-state index contributed by atoms with van der Waals surface area (Å²) < 4.78 is 1.57. The largest absolute Gasteiger partial charge is 0.504 e. The second kappa shape index (κ2) is 5.09. The molecule has 3 heterocycles. The molecule has 120 valence electrons. The lowest BCUT2D eigenvalue weighted by Crippen LogP contribution is -2.27. The topological polar surface area (TPSA) is 110 Å². The molecule has 0 fully saturated rings. The second-order valence-electron chi connectivity index (χ2n) is 5.64. The van der Waals surface area contributed by atoms with E-state index in [0.29, 0.717) is 17.6 Å². The van der Waals surface area contributed by atoms with Crippen LogP contribution in [-0.2, 0) is 13.0 Å². The van der Waals surface area contributed by atoms with Crippen molar-refractivity contribution in [1.82, 2.24) is 9.55 Å². The molecule has 0 aliphatic carbocycles. The van der Waals surface area contributed by atoms with Crippen LogP contribution in [0.15, 0.2) is 41.2 Å². The molecule has 3 aromatic rings. The maximum atomic E-state index is 12.8. The highest BCUT2D eigenvalue weighted by Gasteiger charge is 2.24. The molecular weight excluding hydrogens is 308 g/mol. The Labute approximate surface area is 136 Å². The summed E-state index contributed by atoms with van der Waals surface area (Å²) in [6, 6.07) is 9.89. The molecule has 4 rings (SSSR count). The van der Waals surface area contributed by atoms with Crippen LogP contribution in [0.2, 0.25) is 0 Å². The highest BCUT2D eigenvalue weighted by molar-refractivity contribution is 5.93. The Morgan fingerprint density at radius 2 is 2.04 bits per heavy atom. The van der Waals surface area contributed by atoms with Gasteiger partial charge in [0.1, 0.15) is 11.3 Å². The molecule has 0 bridgehead atoms. The standard InChI is InChI=1S/C17H14N4O3/c18-17(24)20-12-6-5-11-13(19-12)15(22)14-10-4-2-1-3-9(10)7-8-21(14)16(11)23/h1-6,22H,7-8H2,(H3,18,19,20,24). The van der Waals surface area contributed by atoms with Gasteiger partial charge >= 0.3 is 6.03 Å². The van der Waals surface area contributed by atoms with Gasteiger partial charge in [-0.1, -0.05) is 24.3 Å². The third kappa shape index (κ3) is 2.02. The minimum atomic E-state index is -0.763. The Bertz CT molecular complexity index is 1060. The van der Waals surface area contributed by atoms with E-state index in [1.165, 1.54) is 12.1 Å². The van der Waals surface area contributed by atoms with Crippen LogP contribution >= 0.6 is 0 Å². The lowest BCUT2D eigenvalue weighted by atomic mass is 9.96. The molecule has 0 unspecified atom stereocenters. The third-order valence-corrected chi connectivity index (χ3v) is 4.22. The van der Waals surface area contributed by atoms with Gasteiger partial charge < -0.3 is 15.4 Å². The summed E-state index contributed by atoms with van der Waals surface area (Å²) in [7, 11) is 0. The molecule has 0 saturated carbocycles. The van der Waals surface area contributed by atoms with E-state index in [0.717, 1.165) is 17.5 Å². The summed E-state index contributed by atoms with van der Waals surface area (Å²) in [5.41, 5.74) is 7.36. The van der Waals surface area contributed by atoms with Gasteiger partial charge in [0.2, 0.25) is 0 Å². The Kier molecular flexibility index (Phi) is 3.02. The van der Waals surface area contributed by atoms with Crippen molar-refractivity contribution in [2.24, 2.45) is 5.73 Å². The van der Waals surface area contributed by atoms with Gasteiger partial charge in [0, 0.05) is 12.1 Å². The van der Waals surface area contributed by atoms with Gasteiger partial charge in [0.25, 0.3) is 5.56 Å². The average Bonchev–Trinajstić information content (AvgIpc) is 2.58. The second-order valence-corrected chi connectivity index (χ2v) is 5.64. The number of fused-ring (bicyclic) bond motifs is 4. The van der Waals surface area contributed by atoms with Crippen LogP contribution in [0.1, 0.15) is 5.56 Å². The summed E-state index contributed by atoms with van der Waals surface area (Å²) >= 11 is 0. The number of pyridine rings is 2. The fourth-order valence-electron chi connectivity index (χ4n) is 3.18. The number of urea groups is 1. The van der Waals surface area contributed by atoms with Crippen molar-refractivity contribution in [3.63, 3.8) is 0 Å². The molecule has 1 aromatic carbocycles. The number of primary amides is 1. The van der Waals surface area contributed by atoms with Crippen LogP contribution in [0.4, 0.5) is 10.6 Å². The van der Waals surface area contributed by atoms with Crippen molar-refractivity contribution in [1.29, 1.82) is 0 Å². The number of aryl methyl sites for hydroxylation is 1. The van der Waals surface area contributed by atoms with Crippen molar-refractivity contribution in [3.05, 3.63) is 52.3 Å². The first-order valence-electron chi connectivity index (χ1n) is 7.47. The number of nitrogens with two attached hydrogens (primary N) is 1. The molecule has 1 aliphatic heterocycles. The summed E-state index contributed by atoms with van der Waals surface area (Å²) in [4.78, 5) is 27.9. The molecule has 0 atom stereocenters. The van der Waals surface area contributed by atoms with Gasteiger partial charge in [-0.3, -0.25) is 10.1 Å². The van der Waals surface area contributed by atoms with Gasteiger partial charge in [-0.05, 0) is 24.1 Å². The Hall–Kier alpha value is -3.35. The summed E-state index contributed by atoms with van der Waals surface area (Å²) in [6.07, 6.45) is 0.725. The first kappa shape index (κ1) is 14.3. The average molecular weight is 322 g/mol. The van der Waals surface area contributed by atoms with E-state index in [2.05, 4.69) is 10.3 Å². The maximum Gasteiger partial charge on any atom is 0.317 e. The van der Waals surface area contributed by atoms with E-state index < -0.39 is 6.03 Å². The quantitative estimate of drug-likeness (QED) is 0.634. The summed E-state index contributed by atoms with van der Waals surface area (Å²) in [5.74, 6) is 0.101. The van der Waals surface area contributed by atoms with Gasteiger partial charge in [0.15, 0.2) is 5.75 Å². The van der Waals surface area contributed by atoms with E-state index in [4.69, 9.17) is 5.73 Å². The van der Waals surface area contributed by atoms with E-state index in [9.17, 15) is 14.7 Å². The highest BCUT2D eigenvalue weighted by atomic mass is 16.3. The predicted octanol–water partition coefficient (Wildman–Crippen LogP) is 1.82. The number of carbonyl (C=O) groups excluding carboxylic acids is 1. The number of hydrogen-bond donors (Lipinski definition) is 3. The van der Waals surface area contributed by atoms with Crippen LogP contribution in [0.3, 0.4) is 0 Å². The maximum absolute atomic E-state index is 12.8. The van der Waals surface area contributed by atoms with Crippen LogP contribution in [-0.4, -0.2) is 20.7 Å². The first-order chi connectivity index (χ1) is 11.6. The fraction of sp³-hybridized carbons (Fsp3) is 0.118. The molecule has 24 heavy (non-hydrogen) atoms. The molecule has 2 amide bonds. The minimum Gasteiger partial charge on any atom is -0.504 e. The molecule has 1 aliphatic rings. The first-order valence-corrected chi connectivity index (χ1v) is 7.47. The predicted molar refractivity (Wildman–Crippen MR) is 90.0 cm³/mol. The normalized spacial score (nSPS) is 12.5. The Balaban J connectivity index is 2.06. The van der Waals surface area contributed by atoms with Crippen LogP contribution in [0, 0.1) is 0 Å².